The fourth-order valence-corrected chi connectivity index (χ4v) is 7.14. The number of esters is 5. The Morgan fingerprint density at radius 2 is 1.43 bits per heavy atom. The Kier molecular flexibility index (Phi) is 7.59. The van der Waals surface area contributed by atoms with Crippen LogP contribution in [0.2, 0.25) is 0 Å². The molecule has 0 aromatic heterocycles. The summed E-state index contributed by atoms with van der Waals surface area (Å²) in [5.74, 6) is -5.46. The van der Waals surface area contributed by atoms with Gasteiger partial charge in [0.2, 0.25) is 0 Å². The first kappa shape index (κ1) is 30.0. The lowest BCUT2D eigenvalue weighted by atomic mass is 9.53. The molecule has 0 amide bonds. The minimum Gasteiger partial charge on any atom is -0.462 e. The highest BCUT2D eigenvalue weighted by Gasteiger charge is 2.78. The van der Waals surface area contributed by atoms with Gasteiger partial charge in [0.1, 0.15) is 24.4 Å². The Hall–Kier alpha value is -2.99. The molecule has 0 aromatic rings. The van der Waals surface area contributed by atoms with Gasteiger partial charge < -0.3 is 33.5 Å². The monoisotopic (exact) mass is 566 g/mol. The molecule has 4 aliphatic rings. The zero-order chi connectivity index (χ0) is 29.9. The molecule has 0 spiro atoms. The molecule has 0 bridgehead atoms. The first-order chi connectivity index (χ1) is 18.5. The van der Waals surface area contributed by atoms with Crippen LogP contribution in [-0.4, -0.2) is 82.8 Å². The van der Waals surface area contributed by atoms with E-state index in [0.717, 1.165) is 0 Å². The number of hydrogen-bond acceptors (Lipinski definition) is 12. The summed E-state index contributed by atoms with van der Waals surface area (Å²) < 4.78 is 35.0. The van der Waals surface area contributed by atoms with Gasteiger partial charge in [0, 0.05) is 46.5 Å². The molecule has 2 heterocycles. The summed E-state index contributed by atoms with van der Waals surface area (Å²) >= 11 is 0. The van der Waals surface area contributed by atoms with Crippen molar-refractivity contribution in [3.8, 4) is 0 Å². The summed E-state index contributed by atoms with van der Waals surface area (Å²) in [6, 6.07) is 0. The maximum absolute atomic E-state index is 13.0. The standard InChI is InChI=1S/C28H38O12/c1-12-9-22-28(34,13(2)25(33)39-22)24(38-17(6)32)23-26(7,19(36-15(4)30)10-18(12)35-14(3)29)20(37-16(5)31)11-21-27(23,8)40-21/h9,13,18-24,34H,10-11H2,1-8H3/b12-9-/t13-,18+,19-,20-,21-,22-,23+,24+,26-,27-,28+/m0/s1. The average molecular weight is 567 g/mol. The quantitative estimate of drug-likeness (QED) is 0.226. The predicted octanol–water partition coefficient (Wildman–Crippen LogP) is 1.54. The summed E-state index contributed by atoms with van der Waals surface area (Å²) in [7, 11) is 0. The molecule has 40 heavy (non-hydrogen) atoms. The Balaban J connectivity index is 2.06. The second kappa shape index (κ2) is 10.1. The van der Waals surface area contributed by atoms with Crippen molar-refractivity contribution in [1.29, 1.82) is 0 Å². The molecule has 0 aromatic carbocycles. The third-order valence-corrected chi connectivity index (χ3v) is 9.15. The fourth-order valence-electron chi connectivity index (χ4n) is 7.14. The van der Waals surface area contributed by atoms with E-state index in [1.807, 2.05) is 0 Å². The lowest BCUT2D eigenvalue weighted by Gasteiger charge is -2.55. The molecule has 3 fully saturated rings. The number of aliphatic hydroxyl groups is 1. The van der Waals surface area contributed by atoms with Gasteiger partial charge >= 0.3 is 29.8 Å². The molecule has 4 rings (SSSR count). The van der Waals surface area contributed by atoms with Crippen LogP contribution in [0.5, 0.6) is 0 Å². The van der Waals surface area contributed by atoms with E-state index in [2.05, 4.69) is 0 Å². The zero-order valence-corrected chi connectivity index (χ0v) is 24.0. The summed E-state index contributed by atoms with van der Waals surface area (Å²) in [6.07, 6.45) is -4.52. The van der Waals surface area contributed by atoms with E-state index in [-0.39, 0.29) is 12.8 Å². The van der Waals surface area contributed by atoms with E-state index in [0.29, 0.717) is 5.57 Å². The van der Waals surface area contributed by atoms with E-state index >= 15 is 0 Å². The first-order valence-corrected chi connectivity index (χ1v) is 13.4. The van der Waals surface area contributed by atoms with Crippen LogP contribution in [0.3, 0.4) is 0 Å². The lowest BCUT2D eigenvalue weighted by Crippen LogP contribution is -2.69. The second-order valence-corrected chi connectivity index (χ2v) is 11.8. The van der Waals surface area contributed by atoms with Crippen molar-refractivity contribution in [3.63, 3.8) is 0 Å². The van der Waals surface area contributed by atoms with E-state index in [4.69, 9.17) is 28.4 Å². The SMILES string of the molecule is CC(=O)O[C@H]1C[C@@H]2O[C@]2(C)[C@@H]2[C@@H](OC(C)=O)[C@]3(O)[C@H](/C=C(/C)[C@H](OC(C)=O)C[C@H](OC(C)=O)[C@@]12C)OC(=O)[C@@H]3C. The van der Waals surface area contributed by atoms with Gasteiger partial charge in [-0.1, -0.05) is 6.92 Å². The minimum absolute atomic E-state index is 0.0611. The maximum Gasteiger partial charge on any atom is 0.312 e. The van der Waals surface area contributed by atoms with Gasteiger partial charge in [-0.05, 0) is 32.4 Å². The van der Waals surface area contributed by atoms with Crippen molar-refractivity contribution >= 4 is 29.8 Å². The molecule has 12 nitrogen and oxygen atoms in total. The molecule has 0 unspecified atom stereocenters. The average Bonchev–Trinajstić information content (AvgIpc) is 3.42. The molecule has 222 valence electrons. The largest absolute Gasteiger partial charge is 0.462 e. The van der Waals surface area contributed by atoms with Crippen LogP contribution >= 0.6 is 0 Å². The van der Waals surface area contributed by atoms with Gasteiger partial charge in [-0.3, -0.25) is 24.0 Å². The highest BCUT2D eigenvalue weighted by Crippen LogP contribution is 2.64. The Morgan fingerprint density at radius 1 is 0.900 bits per heavy atom. The number of carbonyl (C=O) groups excluding carboxylic acids is 5. The molecular formula is C28H38O12. The molecular weight excluding hydrogens is 528 g/mol. The van der Waals surface area contributed by atoms with E-state index < -0.39 is 94.9 Å². The highest BCUT2D eigenvalue weighted by atomic mass is 16.6. The van der Waals surface area contributed by atoms with Crippen LogP contribution in [0.25, 0.3) is 0 Å². The number of ether oxygens (including phenoxy) is 6. The third-order valence-electron chi connectivity index (χ3n) is 9.15. The highest BCUT2D eigenvalue weighted by molar-refractivity contribution is 5.78. The summed E-state index contributed by atoms with van der Waals surface area (Å²) in [4.78, 5) is 62.6. The number of rotatable bonds is 4. The van der Waals surface area contributed by atoms with Crippen molar-refractivity contribution in [2.45, 2.75) is 116 Å². The predicted molar refractivity (Wildman–Crippen MR) is 134 cm³/mol. The smallest absolute Gasteiger partial charge is 0.312 e. The first-order valence-electron chi connectivity index (χ1n) is 13.4. The van der Waals surface area contributed by atoms with Gasteiger partial charge in [-0.2, -0.15) is 0 Å². The second-order valence-electron chi connectivity index (χ2n) is 11.8. The van der Waals surface area contributed by atoms with Crippen LogP contribution in [0.15, 0.2) is 11.6 Å². The molecule has 2 saturated heterocycles. The van der Waals surface area contributed by atoms with Gasteiger partial charge in [0.15, 0.2) is 11.7 Å². The van der Waals surface area contributed by atoms with Crippen molar-refractivity contribution in [3.05, 3.63) is 11.6 Å². The Labute approximate surface area is 232 Å². The van der Waals surface area contributed by atoms with E-state index in [1.165, 1.54) is 40.7 Å². The van der Waals surface area contributed by atoms with Crippen LogP contribution in [0.1, 0.15) is 68.2 Å². The van der Waals surface area contributed by atoms with Crippen molar-refractivity contribution in [1.82, 2.24) is 0 Å². The third kappa shape index (κ3) is 4.78. The number of epoxide rings is 1. The molecule has 11 atom stereocenters. The van der Waals surface area contributed by atoms with Gasteiger partial charge in [0.05, 0.1) is 23.0 Å². The van der Waals surface area contributed by atoms with Crippen LogP contribution in [0.4, 0.5) is 0 Å². The fraction of sp³-hybridized carbons (Fsp3) is 0.750. The minimum atomic E-state index is -2.12. The van der Waals surface area contributed by atoms with Crippen molar-refractivity contribution in [2.75, 3.05) is 0 Å². The number of fused-ring (bicyclic) bond motifs is 4. The van der Waals surface area contributed by atoms with E-state index in [1.54, 1.807) is 20.8 Å². The van der Waals surface area contributed by atoms with E-state index in [9.17, 15) is 29.1 Å². The zero-order valence-electron chi connectivity index (χ0n) is 24.0. The molecule has 0 radical (unpaired) electrons. The molecule has 1 saturated carbocycles. The summed E-state index contributed by atoms with van der Waals surface area (Å²) in [5.41, 5.74) is -4.12. The lowest BCUT2D eigenvalue weighted by molar-refractivity contribution is -0.235. The molecule has 2 aliphatic heterocycles. The molecule has 2 aliphatic carbocycles. The van der Waals surface area contributed by atoms with Crippen molar-refractivity contribution < 1.29 is 57.5 Å². The maximum atomic E-state index is 13.0. The molecule has 12 heteroatoms. The number of carbonyl (C=O) groups is 5. The topological polar surface area (TPSA) is 164 Å². The number of hydrogen-bond donors (Lipinski definition) is 1. The summed E-state index contributed by atoms with van der Waals surface area (Å²) in [5, 5.41) is 12.5. The van der Waals surface area contributed by atoms with Crippen LogP contribution < -0.4 is 0 Å². The van der Waals surface area contributed by atoms with Gasteiger partial charge in [-0.15, -0.1) is 0 Å². The Bertz CT molecular complexity index is 1150. The normalized spacial score (nSPS) is 45.2. The molecule has 1 N–H and O–H groups in total. The van der Waals surface area contributed by atoms with Crippen LogP contribution in [-0.2, 0) is 52.4 Å². The van der Waals surface area contributed by atoms with Gasteiger partial charge in [0.25, 0.3) is 0 Å². The Morgan fingerprint density at radius 3 is 1.95 bits per heavy atom. The van der Waals surface area contributed by atoms with Gasteiger partial charge in [-0.25, -0.2) is 0 Å². The van der Waals surface area contributed by atoms with Crippen molar-refractivity contribution in [2.24, 2.45) is 17.3 Å². The van der Waals surface area contributed by atoms with Crippen LogP contribution in [0, 0.1) is 17.3 Å². The summed E-state index contributed by atoms with van der Waals surface area (Å²) in [6.45, 7) is 11.5.